The van der Waals surface area contributed by atoms with Gasteiger partial charge in [0.2, 0.25) is 5.88 Å². The molecular formula is C13H12ClNO3. The van der Waals surface area contributed by atoms with Crippen LogP contribution >= 0.6 is 11.6 Å². The van der Waals surface area contributed by atoms with Crippen LogP contribution in [0.3, 0.4) is 0 Å². The number of rotatable bonds is 4. The van der Waals surface area contributed by atoms with Gasteiger partial charge in [-0.3, -0.25) is 4.57 Å². The minimum absolute atomic E-state index is 0.0967. The minimum Gasteiger partial charge on any atom is -0.494 e. The molecule has 0 amide bonds. The summed E-state index contributed by atoms with van der Waals surface area (Å²) in [7, 11) is 0. The van der Waals surface area contributed by atoms with Crippen molar-refractivity contribution in [3.05, 3.63) is 48.0 Å². The second kappa shape index (κ2) is 5.06. The quantitative estimate of drug-likeness (QED) is 0.835. The minimum atomic E-state index is -0.200. The van der Waals surface area contributed by atoms with Gasteiger partial charge < -0.3 is 14.9 Å². The normalized spacial score (nSPS) is 10.3. The topological polar surface area (TPSA) is 54.6 Å². The smallest absolute Gasteiger partial charge is 0.217 e. The van der Waals surface area contributed by atoms with E-state index in [1.807, 2.05) is 0 Å². The fourth-order valence-corrected chi connectivity index (χ4v) is 1.74. The first-order valence-corrected chi connectivity index (χ1v) is 5.64. The molecule has 0 spiro atoms. The summed E-state index contributed by atoms with van der Waals surface area (Å²) in [6.45, 7) is 3.98. The molecule has 5 heteroatoms. The summed E-state index contributed by atoms with van der Waals surface area (Å²) in [5, 5.41) is 19.5. The van der Waals surface area contributed by atoms with Crippen molar-refractivity contribution >= 4 is 11.6 Å². The number of nitrogens with zero attached hydrogens (tertiary/aromatic N) is 1. The van der Waals surface area contributed by atoms with Crippen LogP contribution in [0.15, 0.2) is 43.0 Å². The van der Waals surface area contributed by atoms with E-state index >= 15 is 0 Å². The molecule has 0 radical (unpaired) electrons. The lowest BCUT2D eigenvalue weighted by Crippen LogP contribution is -1.95. The predicted octanol–water partition coefficient (Wildman–Crippen LogP) is 3.11. The third-order valence-corrected chi connectivity index (χ3v) is 2.65. The van der Waals surface area contributed by atoms with E-state index < -0.39 is 0 Å². The van der Waals surface area contributed by atoms with Crippen LogP contribution < -0.4 is 4.74 Å². The molecule has 0 aliphatic heterocycles. The summed E-state index contributed by atoms with van der Waals surface area (Å²) in [5.74, 6) is 0.349. The van der Waals surface area contributed by atoms with E-state index in [4.69, 9.17) is 16.3 Å². The highest BCUT2D eigenvalue weighted by Gasteiger charge is 2.13. The van der Waals surface area contributed by atoms with Crippen molar-refractivity contribution in [3.8, 4) is 23.2 Å². The Morgan fingerprint density at radius 1 is 1.28 bits per heavy atom. The summed E-state index contributed by atoms with van der Waals surface area (Å²) < 4.78 is 6.57. The molecule has 4 nitrogen and oxygen atoms in total. The van der Waals surface area contributed by atoms with Crippen LogP contribution in [0, 0.1) is 0 Å². The number of halogens is 1. The van der Waals surface area contributed by atoms with E-state index in [0.717, 1.165) is 0 Å². The van der Waals surface area contributed by atoms with Gasteiger partial charge in [0.25, 0.3) is 0 Å². The van der Waals surface area contributed by atoms with Crippen molar-refractivity contribution in [3.63, 3.8) is 0 Å². The van der Waals surface area contributed by atoms with Gasteiger partial charge in [-0.25, -0.2) is 0 Å². The number of hydrogen-bond acceptors (Lipinski definition) is 3. The van der Waals surface area contributed by atoms with Crippen LogP contribution in [0.5, 0.6) is 17.5 Å². The van der Waals surface area contributed by atoms with Gasteiger partial charge in [-0.1, -0.05) is 24.3 Å². The van der Waals surface area contributed by atoms with Gasteiger partial charge in [0.1, 0.15) is 17.4 Å². The monoisotopic (exact) mass is 265 g/mol. The molecule has 1 heterocycles. The summed E-state index contributed by atoms with van der Waals surface area (Å²) in [4.78, 5) is 0. The lowest BCUT2D eigenvalue weighted by atomic mass is 10.3. The third-order valence-electron chi connectivity index (χ3n) is 2.37. The Kier molecular flexibility index (Phi) is 3.48. The molecule has 1 aromatic heterocycles. The summed E-state index contributed by atoms with van der Waals surface area (Å²) >= 11 is 5.72. The molecule has 18 heavy (non-hydrogen) atoms. The molecule has 0 aliphatic carbocycles. The van der Waals surface area contributed by atoms with E-state index in [1.54, 1.807) is 30.3 Å². The van der Waals surface area contributed by atoms with Crippen LogP contribution in [0.4, 0.5) is 0 Å². The summed E-state index contributed by atoms with van der Waals surface area (Å²) in [5.41, 5.74) is 0.586. The Bertz CT molecular complexity index is 560. The second-order valence-electron chi connectivity index (χ2n) is 3.60. The zero-order valence-electron chi connectivity index (χ0n) is 9.51. The van der Waals surface area contributed by atoms with Crippen LogP contribution in [-0.2, 0) is 0 Å². The van der Waals surface area contributed by atoms with Crippen molar-refractivity contribution in [2.24, 2.45) is 0 Å². The molecule has 2 aromatic rings. The molecule has 2 rings (SSSR count). The van der Waals surface area contributed by atoms with Crippen molar-refractivity contribution < 1.29 is 14.9 Å². The number of ether oxygens (including phenoxy) is 1. The molecule has 2 N–H and O–H groups in total. The van der Waals surface area contributed by atoms with E-state index in [2.05, 4.69) is 6.58 Å². The highest BCUT2D eigenvalue weighted by Crippen LogP contribution is 2.35. The Labute approximate surface area is 109 Å². The zero-order chi connectivity index (χ0) is 13.1. The Hall–Kier alpha value is -2.07. The lowest BCUT2D eigenvalue weighted by Gasteiger charge is -2.08. The van der Waals surface area contributed by atoms with Crippen molar-refractivity contribution in [2.75, 3.05) is 6.61 Å². The highest BCUT2D eigenvalue weighted by atomic mass is 35.5. The molecule has 94 valence electrons. The number of aromatic nitrogens is 1. The van der Waals surface area contributed by atoms with E-state index in [9.17, 15) is 10.2 Å². The van der Waals surface area contributed by atoms with Gasteiger partial charge in [0.05, 0.1) is 5.69 Å². The summed E-state index contributed by atoms with van der Waals surface area (Å²) in [6, 6.07) is 8.14. The molecule has 0 bridgehead atoms. The van der Waals surface area contributed by atoms with Crippen molar-refractivity contribution in [2.45, 2.75) is 0 Å². The van der Waals surface area contributed by atoms with Crippen molar-refractivity contribution in [1.82, 2.24) is 4.57 Å². The average Bonchev–Trinajstić information content (AvgIpc) is 2.62. The number of benzene rings is 1. The number of aromatic hydroxyl groups is 2. The van der Waals surface area contributed by atoms with Gasteiger partial charge in [0.15, 0.2) is 5.88 Å². The fourth-order valence-electron chi connectivity index (χ4n) is 1.56. The first kappa shape index (κ1) is 12.4. The largest absolute Gasteiger partial charge is 0.494 e. The van der Waals surface area contributed by atoms with Gasteiger partial charge in [-0.15, -0.1) is 0 Å². The Morgan fingerprint density at radius 2 is 1.94 bits per heavy atom. The third kappa shape index (κ3) is 2.28. The molecule has 0 atom stereocenters. The first-order valence-electron chi connectivity index (χ1n) is 5.27. The van der Waals surface area contributed by atoms with Gasteiger partial charge in [0, 0.05) is 6.07 Å². The van der Waals surface area contributed by atoms with Gasteiger partial charge >= 0.3 is 0 Å². The summed E-state index contributed by atoms with van der Waals surface area (Å²) in [6.07, 6.45) is 1.65. The van der Waals surface area contributed by atoms with E-state index in [-0.39, 0.29) is 16.8 Å². The standard InChI is InChI=1S/C13H12ClNO3/c1-2-7-18-10-5-3-9(4-6-10)15-12(16)8-11(14)13(15)17/h2-6,8,16-17H,1,7H2. The maximum absolute atomic E-state index is 9.71. The highest BCUT2D eigenvalue weighted by molar-refractivity contribution is 6.32. The average molecular weight is 266 g/mol. The molecule has 0 saturated carbocycles. The van der Waals surface area contributed by atoms with Crippen LogP contribution in [0.2, 0.25) is 5.02 Å². The van der Waals surface area contributed by atoms with Crippen molar-refractivity contribution in [1.29, 1.82) is 0 Å². The van der Waals surface area contributed by atoms with E-state index in [0.29, 0.717) is 18.0 Å². The Morgan fingerprint density at radius 3 is 2.44 bits per heavy atom. The van der Waals surface area contributed by atoms with Crippen LogP contribution in [0.25, 0.3) is 5.69 Å². The fraction of sp³-hybridized carbons (Fsp3) is 0.0769. The molecule has 0 unspecified atom stereocenters. The molecule has 0 aliphatic rings. The van der Waals surface area contributed by atoms with Crippen LogP contribution in [0.1, 0.15) is 0 Å². The maximum Gasteiger partial charge on any atom is 0.217 e. The zero-order valence-corrected chi connectivity index (χ0v) is 10.3. The molecule has 0 saturated heterocycles. The molecule has 1 aromatic carbocycles. The first-order chi connectivity index (χ1) is 8.63. The number of hydrogen-bond donors (Lipinski definition) is 2. The van der Waals surface area contributed by atoms with Crippen LogP contribution in [-0.4, -0.2) is 21.4 Å². The molecular weight excluding hydrogens is 254 g/mol. The van der Waals surface area contributed by atoms with E-state index in [1.165, 1.54) is 10.6 Å². The Balaban J connectivity index is 2.31. The SMILES string of the molecule is C=CCOc1ccc(-n2c(O)cc(Cl)c2O)cc1. The maximum atomic E-state index is 9.71. The van der Waals surface area contributed by atoms with Gasteiger partial charge in [-0.05, 0) is 24.3 Å². The predicted molar refractivity (Wildman–Crippen MR) is 69.8 cm³/mol. The molecule has 0 fully saturated rings. The van der Waals surface area contributed by atoms with Gasteiger partial charge in [-0.2, -0.15) is 0 Å². The second-order valence-corrected chi connectivity index (χ2v) is 4.01. The lowest BCUT2D eigenvalue weighted by molar-refractivity contribution is 0.363.